The second-order valence-electron chi connectivity index (χ2n) is 6.40. The third-order valence-corrected chi connectivity index (χ3v) is 4.90. The van der Waals surface area contributed by atoms with Gasteiger partial charge >= 0.3 is 0 Å². The van der Waals surface area contributed by atoms with Crippen LogP contribution in [0.1, 0.15) is 22.9 Å². The Morgan fingerprint density at radius 2 is 1.83 bits per heavy atom. The number of nitrogens with one attached hydrogen (secondary N) is 1. The second-order valence-corrected chi connectivity index (χ2v) is 6.40. The van der Waals surface area contributed by atoms with Crippen LogP contribution in [0.2, 0.25) is 0 Å². The van der Waals surface area contributed by atoms with Crippen LogP contribution in [0.25, 0.3) is 10.9 Å². The molecule has 24 heavy (non-hydrogen) atoms. The molecule has 0 saturated carbocycles. The highest BCUT2D eigenvalue weighted by atomic mass is 16.7. The van der Waals surface area contributed by atoms with E-state index in [1.54, 1.807) is 0 Å². The first-order valence-electron chi connectivity index (χ1n) is 8.43. The summed E-state index contributed by atoms with van der Waals surface area (Å²) >= 11 is 0. The smallest absolute Gasteiger partial charge is 0.119 e. The van der Waals surface area contributed by atoms with Crippen molar-refractivity contribution in [1.29, 1.82) is 0 Å². The number of hydrogen-bond acceptors (Lipinski definition) is 3. The van der Waals surface area contributed by atoms with Crippen molar-refractivity contribution in [2.24, 2.45) is 7.05 Å². The van der Waals surface area contributed by atoms with Crippen LogP contribution in [-0.4, -0.2) is 23.1 Å². The van der Waals surface area contributed by atoms with E-state index in [0.29, 0.717) is 0 Å². The molecule has 0 amide bonds. The van der Waals surface area contributed by atoms with E-state index >= 15 is 0 Å². The third kappa shape index (κ3) is 2.63. The van der Waals surface area contributed by atoms with Gasteiger partial charge in [-0.05, 0) is 11.6 Å². The molecule has 1 unspecified atom stereocenters. The van der Waals surface area contributed by atoms with E-state index in [2.05, 4.69) is 76.6 Å². The number of fused-ring (bicyclic) bond motifs is 3. The average Bonchev–Trinajstić information content (AvgIpc) is 2.90. The maximum Gasteiger partial charge on any atom is 0.119 e. The maximum absolute atomic E-state index is 5.89. The van der Waals surface area contributed by atoms with Crippen molar-refractivity contribution >= 4 is 10.9 Å². The Kier molecular flexibility index (Phi) is 4.10. The van der Waals surface area contributed by atoms with Crippen LogP contribution >= 0.6 is 0 Å². The summed E-state index contributed by atoms with van der Waals surface area (Å²) in [5, 5.41) is 1.30. The largest absolute Gasteiger partial charge is 0.346 e. The fraction of sp³-hybridized carbons (Fsp3) is 0.300. The average molecular weight is 321 g/mol. The first-order valence-corrected chi connectivity index (χ1v) is 8.43. The fourth-order valence-corrected chi connectivity index (χ4v) is 3.83. The minimum absolute atomic E-state index is 0.0357. The van der Waals surface area contributed by atoms with Gasteiger partial charge in [0, 0.05) is 55.9 Å². The van der Waals surface area contributed by atoms with Gasteiger partial charge in [-0.1, -0.05) is 48.5 Å². The highest BCUT2D eigenvalue weighted by molar-refractivity contribution is 5.86. The lowest BCUT2D eigenvalue weighted by atomic mass is 10.00. The molecule has 0 bridgehead atoms. The first kappa shape index (κ1) is 15.4. The minimum atomic E-state index is 0.0357. The summed E-state index contributed by atoms with van der Waals surface area (Å²) in [6, 6.07) is 19.2. The predicted molar refractivity (Wildman–Crippen MR) is 96.4 cm³/mol. The minimum Gasteiger partial charge on any atom is -0.346 e. The molecule has 4 heteroatoms. The number of benzene rings is 2. The van der Waals surface area contributed by atoms with Crippen molar-refractivity contribution in [3.05, 3.63) is 71.4 Å². The molecule has 1 N–H and O–H groups in total. The topological polar surface area (TPSA) is 29.4 Å². The normalized spacial score (nSPS) is 18.0. The third-order valence-electron chi connectivity index (χ3n) is 4.90. The van der Waals surface area contributed by atoms with Gasteiger partial charge in [-0.15, -0.1) is 0 Å². The molecule has 0 fully saturated rings. The molecule has 124 valence electrons. The monoisotopic (exact) mass is 321 g/mol. The van der Waals surface area contributed by atoms with Crippen molar-refractivity contribution in [2.45, 2.75) is 19.2 Å². The van der Waals surface area contributed by atoms with Gasteiger partial charge in [0.1, 0.15) is 6.10 Å². The van der Waals surface area contributed by atoms with E-state index < -0.39 is 0 Å². The molecule has 1 aliphatic heterocycles. The summed E-state index contributed by atoms with van der Waals surface area (Å²) in [6.07, 6.45) is 0.0357. The van der Waals surface area contributed by atoms with Gasteiger partial charge in [-0.2, -0.15) is 0 Å². The number of aryl methyl sites for hydroxylation is 1. The van der Waals surface area contributed by atoms with Crippen molar-refractivity contribution in [1.82, 2.24) is 14.9 Å². The van der Waals surface area contributed by atoms with Crippen molar-refractivity contribution in [2.75, 3.05) is 13.6 Å². The number of rotatable bonds is 4. The predicted octanol–water partition coefficient (Wildman–Crippen LogP) is 3.39. The van der Waals surface area contributed by atoms with Gasteiger partial charge in [0.25, 0.3) is 0 Å². The lowest BCUT2D eigenvalue weighted by molar-refractivity contribution is -0.0416. The van der Waals surface area contributed by atoms with Gasteiger partial charge in [0.2, 0.25) is 0 Å². The van der Waals surface area contributed by atoms with E-state index in [4.69, 9.17) is 4.84 Å². The van der Waals surface area contributed by atoms with Crippen LogP contribution in [0.3, 0.4) is 0 Å². The highest BCUT2D eigenvalue weighted by Crippen LogP contribution is 2.37. The van der Waals surface area contributed by atoms with Crippen LogP contribution in [0.15, 0.2) is 54.6 Å². The van der Waals surface area contributed by atoms with E-state index in [9.17, 15) is 0 Å². The van der Waals surface area contributed by atoms with Gasteiger partial charge in [-0.3, -0.25) is 9.74 Å². The molecule has 2 aromatic carbocycles. The number of hydroxylamine groups is 1. The zero-order valence-corrected chi connectivity index (χ0v) is 14.2. The second kappa shape index (κ2) is 6.40. The van der Waals surface area contributed by atoms with Crippen molar-refractivity contribution in [3.63, 3.8) is 0 Å². The lowest BCUT2D eigenvalue weighted by Gasteiger charge is -2.33. The Balaban J connectivity index is 1.73. The molecule has 4 nitrogen and oxygen atoms in total. The van der Waals surface area contributed by atoms with E-state index in [1.165, 1.54) is 27.7 Å². The molecule has 0 spiro atoms. The lowest BCUT2D eigenvalue weighted by Crippen LogP contribution is -2.36. The van der Waals surface area contributed by atoms with Crippen LogP contribution in [0, 0.1) is 0 Å². The Hall–Kier alpha value is -2.14. The van der Waals surface area contributed by atoms with Crippen LogP contribution in [-0.2, 0) is 25.0 Å². The van der Waals surface area contributed by atoms with Gasteiger partial charge in [-0.25, -0.2) is 5.48 Å². The Morgan fingerprint density at radius 1 is 1.08 bits per heavy atom. The summed E-state index contributed by atoms with van der Waals surface area (Å²) in [5.74, 6) is 0. The number of para-hydroxylation sites is 1. The molecule has 1 aromatic heterocycles. The highest BCUT2D eigenvalue weighted by Gasteiger charge is 2.31. The molecule has 4 rings (SSSR count). The van der Waals surface area contributed by atoms with E-state index in [0.717, 1.165) is 19.6 Å². The van der Waals surface area contributed by atoms with Gasteiger partial charge in [0.15, 0.2) is 0 Å². The summed E-state index contributed by atoms with van der Waals surface area (Å²) in [5.41, 5.74) is 8.18. The fourth-order valence-electron chi connectivity index (χ4n) is 3.83. The number of aromatic nitrogens is 1. The molecular weight excluding hydrogens is 298 g/mol. The molecule has 0 radical (unpaired) electrons. The standard InChI is InChI=1S/C20H23N3O/c1-21-24-19-14-23(12-15-8-4-3-5-9-15)13-18-20(19)16-10-6-7-11-17(16)22(18)2/h3-11,19,21H,12-14H2,1-2H3. The Labute approximate surface area is 142 Å². The van der Waals surface area contributed by atoms with E-state index in [1.807, 2.05) is 7.05 Å². The molecule has 1 atom stereocenters. The Bertz CT molecular complexity index is 841. The summed E-state index contributed by atoms with van der Waals surface area (Å²) in [6.45, 7) is 2.76. The van der Waals surface area contributed by atoms with Crippen LogP contribution in [0.5, 0.6) is 0 Å². The molecular formula is C20H23N3O. The zero-order valence-electron chi connectivity index (χ0n) is 14.2. The maximum atomic E-state index is 5.89. The van der Waals surface area contributed by atoms with Crippen molar-refractivity contribution < 1.29 is 4.84 Å². The van der Waals surface area contributed by atoms with Crippen LogP contribution in [0.4, 0.5) is 0 Å². The molecule has 0 saturated heterocycles. The first-order chi connectivity index (χ1) is 11.8. The molecule has 2 heterocycles. The SMILES string of the molecule is CNOC1CN(Cc2ccccc2)Cc2c1c1ccccc1n2C. The quantitative estimate of drug-likeness (QED) is 0.747. The van der Waals surface area contributed by atoms with Gasteiger partial charge in [0.05, 0.1) is 0 Å². The zero-order chi connectivity index (χ0) is 16.5. The van der Waals surface area contributed by atoms with Crippen molar-refractivity contribution in [3.8, 4) is 0 Å². The Morgan fingerprint density at radius 3 is 2.62 bits per heavy atom. The number of nitrogens with zero attached hydrogens (tertiary/aromatic N) is 2. The molecule has 1 aliphatic rings. The molecule has 0 aliphatic carbocycles. The van der Waals surface area contributed by atoms with E-state index in [-0.39, 0.29) is 6.10 Å². The summed E-state index contributed by atoms with van der Waals surface area (Å²) < 4.78 is 2.31. The van der Waals surface area contributed by atoms with Crippen LogP contribution < -0.4 is 5.48 Å². The summed E-state index contributed by atoms with van der Waals surface area (Å²) in [4.78, 5) is 8.35. The summed E-state index contributed by atoms with van der Waals surface area (Å²) in [7, 11) is 3.99. The number of hydrogen-bond donors (Lipinski definition) is 1. The molecule has 3 aromatic rings. The van der Waals surface area contributed by atoms with Gasteiger partial charge < -0.3 is 4.57 Å².